The van der Waals surface area contributed by atoms with Crippen molar-refractivity contribution in [1.29, 1.82) is 0 Å². The molecule has 1 atom stereocenters. The van der Waals surface area contributed by atoms with Crippen LogP contribution in [-0.2, 0) is 7.05 Å². The molecule has 6 heteroatoms. The predicted octanol–water partition coefficient (Wildman–Crippen LogP) is 2.71. The van der Waals surface area contributed by atoms with Gasteiger partial charge in [-0.25, -0.2) is 0 Å². The molecule has 2 rings (SSSR count). The van der Waals surface area contributed by atoms with Gasteiger partial charge in [-0.15, -0.1) is 0 Å². The van der Waals surface area contributed by atoms with Gasteiger partial charge in [0, 0.05) is 24.4 Å². The van der Waals surface area contributed by atoms with Crippen LogP contribution in [-0.4, -0.2) is 28.9 Å². The van der Waals surface area contributed by atoms with Crippen LogP contribution in [0.4, 0.5) is 0 Å². The highest BCUT2D eigenvalue weighted by Crippen LogP contribution is 2.28. The molecule has 6 nitrogen and oxygen atoms in total. The van der Waals surface area contributed by atoms with Gasteiger partial charge < -0.3 is 14.8 Å². The second kappa shape index (κ2) is 7.67. The van der Waals surface area contributed by atoms with Crippen molar-refractivity contribution >= 4 is 5.91 Å². The average molecular weight is 317 g/mol. The van der Waals surface area contributed by atoms with Crippen molar-refractivity contribution in [3.8, 4) is 11.5 Å². The van der Waals surface area contributed by atoms with Crippen LogP contribution in [0, 0.1) is 0 Å². The number of aryl methyl sites for hydroxylation is 1. The van der Waals surface area contributed by atoms with Crippen LogP contribution in [0.15, 0.2) is 30.6 Å². The number of amides is 1. The Bertz CT molecular complexity index is 667. The van der Waals surface area contributed by atoms with Crippen LogP contribution < -0.4 is 14.8 Å². The number of carbonyl (C=O) groups excluding carboxylic acids is 1. The van der Waals surface area contributed by atoms with Crippen molar-refractivity contribution in [2.24, 2.45) is 7.05 Å². The second-order valence-corrected chi connectivity index (χ2v) is 5.17. The smallest absolute Gasteiger partial charge is 0.251 e. The molecule has 0 aliphatic heterocycles. The topological polar surface area (TPSA) is 65.4 Å². The molecule has 1 amide bonds. The van der Waals surface area contributed by atoms with Crippen LogP contribution in [0.5, 0.6) is 11.5 Å². The fourth-order valence-corrected chi connectivity index (χ4v) is 2.22. The van der Waals surface area contributed by atoms with Crippen LogP contribution in [0.3, 0.4) is 0 Å². The minimum Gasteiger partial charge on any atom is -0.490 e. The largest absolute Gasteiger partial charge is 0.490 e. The van der Waals surface area contributed by atoms with E-state index < -0.39 is 0 Å². The van der Waals surface area contributed by atoms with Crippen molar-refractivity contribution in [1.82, 2.24) is 15.1 Å². The van der Waals surface area contributed by atoms with E-state index in [1.165, 1.54) is 0 Å². The first-order valence-corrected chi connectivity index (χ1v) is 7.74. The van der Waals surface area contributed by atoms with Crippen LogP contribution in [0.1, 0.15) is 42.7 Å². The molecule has 0 saturated heterocycles. The maximum absolute atomic E-state index is 12.4. The van der Waals surface area contributed by atoms with Gasteiger partial charge in [0.05, 0.1) is 25.5 Å². The van der Waals surface area contributed by atoms with Crippen molar-refractivity contribution in [2.45, 2.75) is 26.8 Å². The molecule has 1 N–H and O–H groups in total. The second-order valence-electron chi connectivity index (χ2n) is 5.17. The molecule has 0 fully saturated rings. The molecule has 1 unspecified atom stereocenters. The van der Waals surface area contributed by atoms with Gasteiger partial charge >= 0.3 is 0 Å². The van der Waals surface area contributed by atoms with E-state index >= 15 is 0 Å². The first-order chi connectivity index (χ1) is 11.0. The summed E-state index contributed by atoms with van der Waals surface area (Å²) in [6.45, 7) is 6.78. The molecule has 0 spiro atoms. The summed E-state index contributed by atoms with van der Waals surface area (Å²) in [5.41, 5.74) is 1.49. The normalized spacial score (nSPS) is 11.8. The number of hydrogen-bond acceptors (Lipinski definition) is 4. The Hall–Kier alpha value is -2.50. The maximum Gasteiger partial charge on any atom is 0.251 e. The number of nitrogens with zero attached hydrogens (tertiary/aromatic N) is 2. The van der Waals surface area contributed by atoms with Gasteiger partial charge in [-0.2, -0.15) is 5.10 Å². The van der Waals surface area contributed by atoms with Gasteiger partial charge in [0.1, 0.15) is 0 Å². The Balaban J connectivity index is 2.13. The SMILES string of the molecule is CCOc1ccc(C(=O)NC(C)c2cnn(C)c2)cc1OCC. The van der Waals surface area contributed by atoms with Crippen molar-refractivity contribution in [3.05, 3.63) is 41.7 Å². The van der Waals surface area contributed by atoms with E-state index in [0.29, 0.717) is 30.3 Å². The highest BCUT2D eigenvalue weighted by molar-refractivity contribution is 5.95. The maximum atomic E-state index is 12.4. The third kappa shape index (κ3) is 4.25. The molecule has 1 heterocycles. The van der Waals surface area contributed by atoms with Crippen molar-refractivity contribution in [2.75, 3.05) is 13.2 Å². The molecule has 23 heavy (non-hydrogen) atoms. The lowest BCUT2D eigenvalue weighted by molar-refractivity contribution is 0.0939. The number of rotatable bonds is 7. The lowest BCUT2D eigenvalue weighted by atomic mass is 10.1. The molecular weight excluding hydrogens is 294 g/mol. The Morgan fingerprint density at radius 3 is 2.57 bits per heavy atom. The molecule has 0 radical (unpaired) electrons. The summed E-state index contributed by atoms with van der Waals surface area (Å²) in [5.74, 6) is 1.06. The van der Waals surface area contributed by atoms with E-state index in [2.05, 4.69) is 10.4 Å². The minimum atomic E-state index is -0.162. The number of benzene rings is 1. The zero-order valence-electron chi connectivity index (χ0n) is 14.0. The fourth-order valence-electron chi connectivity index (χ4n) is 2.22. The third-order valence-corrected chi connectivity index (χ3v) is 3.38. The van der Waals surface area contributed by atoms with Gasteiger partial charge in [0.25, 0.3) is 5.91 Å². The summed E-state index contributed by atoms with van der Waals surface area (Å²) in [5, 5.41) is 7.08. The number of aromatic nitrogens is 2. The molecule has 1 aromatic carbocycles. The molecule has 0 aliphatic carbocycles. The molecule has 0 bridgehead atoms. The minimum absolute atomic E-state index is 0.127. The molecule has 0 aliphatic rings. The summed E-state index contributed by atoms with van der Waals surface area (Å²) in [6.07, 6.45) is 3.63. The van der Waals surface area contributed by atoms with Gasteiger partial charge in [0.15, 0.2) is 11.5 Å². The van der Waals surface area contributed by atoms with Crippen LogP contribution >= 0.6 is 0 Å². The fraction of sp³-hybridized carbons (Fsp3) is 0.412. The summed E-state index contributed by atoms with van der Waals surface area (Å²) < 4.78 is 12.8. The molecule has 2 aromatic rings. The Morgan fingerprint density at radius 1 is 1.26 bits per heavy atom. The molecule has 124 valence electrons. The Kier molecular flexibility index (Phi) is 5.62. The van der Waals surface area contributed by atoms with Gasteiger partial charge in [-0.1, -0.05) is 0 Å². The van der Waals surface area contributed by atoms with Crippen LogP contribution in [0.25, 0.3) is 0 Å². The van der Waals surface area contributed by atoms with E-state index in [1.807, 2.05) is 34.0 Å². The quantitative estimate of drug-likeness (QED) is 0.853. The van der Waals surface area contributed by atoms with Crippen LogP contribution in [0.2, 0.25) is 0 Å². The van der Waals surface area contributed by atoms with E-state index in [-0.39, 0.29) is 11.9 Å². The lowest BCUT2D eigenvalue weighted by Gasteiger charge is -2.15. The summed E-state index contributed by atoms with van der Waals surface area (Å²) >= 11 is 0. The van der Waals surface area contributed by atoms with Crippen molar-refractivity contribution in [3.63, 3.8) is 0 Å². The first kappa shape index (κ1) is 16.9. The monoisotopic (exact) mass is 317 g/mol. The summed E-state index contributed by atoms with van der Waals surface area (Å²) in [6, 6.07) is 5.08. The van der Waals surface area contributed by atoms with E-state index in [0.717, 1.165) is 5.56 Å². The average Bonchev–Trinajstić information content (AvgIpc) is 2.96. The highest BCUT2D eigenvalue weighted by Gasteiger charge is 2.15. The number of ether oxygens (including phenoxy) is 2. The lowest BCUT2D eigenvalue weighted by Crippen LogP contribution is -2.26. The highest BCUT2D eigenvalue weighted by atomic mass is 16.5. The Labute approximate surface area is 136 Å². The predicted molar refractivity (Wildman–Crippen MR) is 87.9 cm³/mol. The molecule has 0 saturated carbocycles. The number of nitrogens with one attached hydrogen (secondary N) is 1. The molecule has 1 aromatic heterocycles. The third-order valence-electron chi connectivity index (χ3n) is 3.38. The standard InChI is InChI=1S/C17H23N3O3/c1-5-22-15-8-7-13(9-16(15)23-6-2)17(21)19-12(3)14-10-18-20(4)11-14/h7-12H,5-6H2,1-4H3,(H,19,21). The van der Waals surface area contributed by atoms with E-state index in [1.54, 1.807) is 29.1 Å². The zero-order valence-corrected chi connectivity index (χ0v) is 14.0. The molecular formula is C17H23N3O3. The first-order valence-electron chi connectivity index (χ1n) is 7.74. The van der Waals surface area contributed by atoms with Gasteiger partial charge in [-0.05, 0) is 39.0 Å². The number of carbonyl (C=O) groups is 1. The summed E-state index contributed by atoms with van der Waals surface area (Å²) in [7, 11) is 1.85. The van der Waals surface area contributed by atoms with Crippen molar-refractivity contribution < 1.29 is 14.3 Å². The van der Waals surface area contributed by atoms with Gasteiger partial charge in [-0.3, -0.25) is 9.48 Å². The Morgan fingerprint density at radius 2 is 1.96 bits per heavy atom. The summed E-state index contributed by atoms with van der Waals surface area (Å²) in [4.78, 5) is 12.4. The zero-order chi connectivity index (χ0) is 16.8. The van der Waals surface area contributed by atoms with Gasteiger partial charge in [0.2, 0.25) is 0 Å². The number of hydrogen-bond donors (Lipinski definition) is 1. The van der Waals surface area contributed by atoms with E-state index in [9.17, 15) is 4.79 Å². The van der Waals surface area contributed by atoms with E-state index in [4.69, 9.17) is 9.47 Å².